The zero-order valence-electron chi connectivity index (χ0n) is 9.90. The molecule has 0 aromatic heterocycles. The first-order valence-electron chi connectivity index (χ1n) is 5.77. The topological polar surface area (TPSA) is 47.6 Å². The Morgan fingerprint density at radius 2 is 1.88 bits per heavy atom. The highest BCUT2D eigenvalue weighted by molar-refractivity contribution is 8.01. The van der Waals surface area contributed by atoms with E-state index in [1.165, 1.54) is 46.3 Å². The summed E-state index contributed by atoms with van der Waals surface area (Å²) in [4.78, 5) is 0.135. The van der Waals surface area contributed by atoms with Crippen molar-refractivity contribution >= 4 is 19.4 Å². The molecule has 2 rings (SSSR count). The monoisotopic (exact) mass is 265 g/mol. The van der Waals surface area contributed by atoms with Crippen molar-refractivity contribution in [3.8, 4) is 0 Å². The molecule has 0 aromatic rings. The van der Waals surface area contributed by atoms with Crippen LogP contribution in [0.2, 0.25) is 0 Å². The molecule has 1 unspecified atom stereocenters. The van der Waals surface area contributed by atoms with Crippen LogP contribution in [0.3, 0.4) is 0 Å². The van der Waals surface area contributed by atoms with Crippen molar-refractivity contribution < 1.29 is 13.6 Å². The highest BCUT2D eigenvalue weighted by Crippen LogP contribution is 2.57. The lowest BCUT2D eigenvalue weighted by molar-refractivity contribution is 0.253. The average Bonchev–Trinajstić information content (AvgIpc) is 2.73. The highest BCUT2D eigenvalue weighted by atomic mass is 32.2. The van der Waals surface area contributed by atoms with E-state index in [1.54, 1.807) is 0 Å². The van der Waals surface area contributed by atoms with Gasteiger partial charge in [0.25, 0.3) is 0 Å². The van der Waals surface area contributed by atoms with Gasteiger partial charge in [0.05, 0.1) is 4.87 Å². The minimum atomic E-state index is -2.95. The molecular weight excluding hydrogens is 245 g/mol. The molecule has 1 saturated heterocycles. The summed E-state index contributed by atoms with van der Waals surface area (Å²) in [5, 5.41) is 3.50. The number of hydrogen-bond acceptors (Lipinski definition) is 5. The van der Waals surface area contributed by atoms with Crippen molar-refractivity contribution in [2.24, 2.45) is 0 Å². The van der Waals surface area contributed by atoms with Gasteiger partial charge in [-0.15, -0.1) is 11.8 Å². The van der Waals surface area contributed by atoms with E-state index in [4.69, 9.17) is 9.05 Å². The van der Waals surface area contributed by atoms with E-state index in [0.717, 1.165) is 5.75 Å². The van der Waals surface area contributed by atoms with Gasteiger partial charge in [0.1, 0.15) is 5.78 Å². The molecular formula is C10H20NO3PS. The highest BCUT2D eigenvalue weighted by Gasteiger charge is 2.47. The average molecular weight is 265 g/mol. The fraction of sp³-hybridized carbons (Fsp3) is 1.00. The van der Waals surface area contributed by atoms with Crippen LogP contribution in [0.15, 0.2) is 0 Å². The molecule has 6 heteroatoms. The van der Waals surface area contributed by atoms with E-state index in [0.29, 0.717) is 0 Å². The molecule has 16 heavy (non-hydrogen) atoms. The molecule has 1 atom stereocenters. The maximum Gasteiger partial charge on any atom is 0.347 e. The van der Waals surface area contributed by atoms with Crippen LogP contribution in [0.4, 0.5) is 0 Å². The van der Waals surface area contributed by atoms with Crippen LogP contribution in [0.5, 0.6) is 0 Å². The molecule has 2 fully saturated rings. The predicted octanol–water partition coefficient (Wildman–Crippen LogP) is 2.80. The van der Waals surface area contributed by atoms with E-state index < -0.39 is 7.60 Å². The number of thioether (sulfide) groups is 1. The van der Waals surface area contributed by atoms with Gasteiger partial charge < -0.3 is 9.05 Å². The van der Waals surface area contributed by atoms with Gasteiger partial charge in [0.15, 0.2) is 0 Å². The molecule has 1 aliphatic carbocycles. The summed E-state index contributed by atoms with van der Waals surface area (Å²) < 4.78 is 22.4. The molecule has 0 bridgehead atoms. The van der Waals surface area contributed by atoms with Crippen LogP contribution in [0.25, 0.3) is 0 Å². The van der Waals surface area contributed by atoms with Crippen LogP contribution in [-0.2, 0) is 13.6 Å². The van der Waals surface area contributed by atoms with E-state index in [2.05, 4.69) is 5.32 Å². The Balaban J connectivity index is 2.04. The molecule has 0 aromatic carbocycles. The number of nitrogens with one attached hydrogen (secondary N) is 1. The normalized spacial score (nSPS) is 29.8. The van der Waals surface area contributed by atoms with Crippen molar-refractivity contribution in [2.75, 3.05) is 20.0 Å². The van der Waals surface area contributed by atoms with Crippen LogP contribution >= 0.6 is 19.4 Å². The van der Waals surface area contributed by atoms with Crippen molar-refractivity contribution in [1.82, 2.24) is 5.32 Å². The minimum Gasteiger partial charge on any atom is -0.311 e. The van der Waals surface area contributed by atoms with Gasteiger partial charge in [-0.2, -0.15) is 0 Å². The quantitative estimate of drug-likeness (QED) is 0.795. The fourth-order valence-electron chi connectivity index (χ4n) is 2.54. The van der Waals surface area contributed by atoms with Crippen molar-refractivity contribution in [3.05, 3.63) is 0 Å². The Bertz CT molecular complexity index is 286. The first-order chi connectivity index (χ1) is 7.64. The second kappa shape index (κ2) is 4.99. The summed E-state index contributed by atoms with van der Waals surface area (Å²) in [5.41, 5.74) is 0. The van der Waals surface area contributed by atoms with E-state index in [1.807, 2.05) is 11.8 Å². The maximum absolute atomic E-state index is 12.3. The van der Waals surface area contributed by atoms with Crippen molar-refractivity contribution in [3.63, 3.8) is 0 Å². The smallest absolute Gasteiger partial charge is 0.311 e. The molecule has 1 N–H and O–H groups in total. The Kier molecular flexibility index (Phi) is 4.02. The van der Waals surface area contributed by atoms with Crippen LogP contribution in [-0.4, -0.2) is 30.6 Å². The molecule has 4 nitrogen and oxygen atoms in total. The lowest BCUT2D eigenvalue weighted by Crippen LogP contribution is -2.43. The molecule has 1 spiro atoms. The lowest BCUT2D eigenvalue weighted by atomic mass is 9.95. The molecule has 0 radical (unpaired) electrons. The summed E-state index contributed by atoms with van der Waals surface area (Å²) >= 11 is 1.89. The summed E-state index contributed by atoms with van der Waals surface area (Å²) in [6.45, 7) is 0. The SMILES string of the molecule is COP(=O)(OC)C1CSC2(CCCCC2)N1. The third-order valence-electron chi connectivity index (χ3n) is 3.50. The number of hydrogen-bond donors (Lipinski definition) is 1. The molecule has 1 heterocycles. The first kappa shape index (κ1) is 12.9. The zero-order valence-corrected chi connectivity index (χ0v) is 11.6. The third kappa shape index (κ3) is 2.34. The molecule has 2 aliphatic rings. The Morgan fingerprint density at radius 1 is 1.25 bits per heavy atom. The Morgan fingerprint density at radius 3 is 2.44 bits per heavy atom. The van der Waals surface area contributed by atoms with E-state index >= 15 is 0 Å². The maximum atomic E-state index is 12.3. The molecule has 0 amide bonds. The van der Waals surface area contributed by atoms with Gasteiger partial charge in [0, 0.05) is 20.0 Å². The molecule has 94 valence electrons. The van der Waals surface area contributed by atoms with Crippen LogP contribution in [0, 0.1) is 0 Å². The lowest BCUT2D eigenvalue weighted by Gasteiger charge is -2.34. The number of rotatable bonds is 3. The largest absolute Gasteiger partial charge is 0.347 e. The fourth-order valence-corrected chi connectivity index (χ4v) is 6.00. The third-order valence-corrected chi connectivity index (χ3v) is 7.42. The summed E-state index contributed by atoms with van der Waals surface area (Å²) in [5.74, 6) is 0.671. The second-order valence-electron chi connectivity index (χ2n) is 4.43. The Hall–Kier alpha value is 0.460. The summed E-state index contributed by atoms with van der Waals surface area (Å²) in [7, 11) is -0.0318. The first-order valence-corrected chi connectivity index (χ1v) is 8.37. The molecule has 1 aliphatic heterocycles. The minimum absolute atomic E-state index is 0.135. The van der Waals surface area contributed by atoms with Gasteiger partial charge in [-0.05, 0) is 12.8 Å². The van der Waals surface area contributed by atoms with Crippen molar-refractivity contribution in [1.29, 1.82) is 0 Å². The van der Waals surface area contributed by atoms with Crippen molar-refractivity contribution in [2.45, 2.75) is 42.8 Å². The second-order valence-corrected chi connectivity index (χ2v) is 8.27. The predicted molar refractivity (Wildman–Crippen MR) is 66.8 cm³/mol. The molecule has 1 saturated carbocycles. The van der Waals surface area contributed by atoms with Gasteiger partial charge in [0.2, 0.25) is 0 Å². The standard InChI is InChI=1S/C10H20NO3PS/c1-13-15(12,14-2)9-8-16-10(11-9)6-4-3-5-7-10/h9,11H,3-8H2,1-2H3. The van der Waals surface area contributed by atoms with Gasteiger partial charge in [-0.3, -0.25) is 9.88 Å². The van der Waals surface area contributed by atoms with Gasteiger partial charge >= 0.3 is 7.60 Å². The summed E-state index contributed by atoms with van der Waals surface area (Å²) in [6, 6.07) is 0. The van der Waals surface area contributed by atoms with Crippen LogP contribution < -0.4 is 5.32 Å². The zero-order chi connectivity index (χ0) is 11.6. The van der Waals surface area contributed by atoms with Gasteiger partial charge in [-0.1, -0.05) is 19.3 Å². The van der Waals surface area contributed by atoms with Gasteiger partial charge in [-0.25, -0.2) is 0 Å². The summed E-state index contributed by atoms with van der Waals surface area (Å²) in [6.07, 6.45) is 6.18. The van der Waals surface area contributed by atoms with E-state index in [-0.39, 0.29) is 10.7 Å². The van der Waals surface area contributed by atoms with Crippen LogP contribution in [0.1, 0.15) is 32.1 Å². The van der Waals surface area contributed by atoms with E-state index in [9.17, 15) is 4.57 Å². The Labute approximate surface area is 101 Å².